The Morgan fingerprint density at radius 3 is 2.90 bits per heavy atom. The maximum absolute atomic E-state index is 12.2. The van der Waals surface area contributed by atoms with Gasteiger partial charge in [-0.05, 0) is 37.1 Å². The van der Waals surface area contributed by atoms with Crippen LogP contribution < -0.4 is 10.2 Å². The van der Waals surface area contributed by atoms with Crippen molar-refractivity contribution in [2.45, 2.75) is 49.4 Å². The average molecular weight is 304 g/mol. The number of thioether (sulfide) groups is 1. The first-order valence-corrected chi connectivity index (χ1v) is 9.12. The van der Waals surface area contributed by atoms with Gasteiger partial charge in [0.05, 0.1) is 0 Å². The Bertz CT molecular complexity index is 519. The molecule has 2 aliphatic rings. The fraction of sp³-hybridized carbons (Fsp3) is 0.588. The summed E-state index contributed by atoms with van der Waals surface area (Å²) in [7, 11) is 1.88. The summed E-state index contributed by atoms with van der Waals surface area (Å²) in [4.78, 5) is 14.0. The predicted octanol–water partition coefficient (Wildman–Crippen LogP) is 3.36. The van der Waals surface area contributed by atoms with E-state index in [0.29, 0.717) is 12.5 Å². The van der Waals surface area contributed by atoms with Crippen LogP contribution in [0, 0.1) is 0 Å². The molecule has 4 heteroatoms. The van der Waals surface area contributed by atoms with E-state index in [9.17, 15) is 4.79 Å². The number of carbonyl (C=O) groups excluding carboxylic acids is 1. The van der Waals surface area contributed by atoms with Gasteiger partial charge in [-0.2, -0.15) is 11.8 Å². The molecular formula is C17H24N2OS. The first-order valence-electron chi connectivity index (χ1n) is 7.83. The summed E-state index contributed by atoms with van der Waals surface area (Å²) in [5, 5.41) is 4.54. The summed E-state index contributed by atoms with van der Waals surface area (Å²) in [5.74, 6) is 0.212. The van der Waals surface area contributed by atoms with Crippen molar-refractivity contribution >= 4 is 23.4 Å². The lowest BCUT2D eigenvalue weighted by Crippen LogP contribution is -2.43. The van der Waals surface area contributed by atoms with Crippen molar-refractivity contribution in [2.75, 3.05) is 18.2 Å². The van der Waals surface area contributed by atoms with E-state index in [1.165, 1.54) is 31.2 Å². The van der Waals surface area contributed by atoms with Crippen molar-refractivity contribution in [1.82, 2.24) is 5.32 Å². The van der Waals surface area contributed by atoms with Crippen LogP contribution in [0.4, 0.5) is 5.69 Å². The Labute approximate surface area is 131 Å². The molecule has 1 heterocycles. The van der Waals surface area contributed by atoms with Gasteiger partial charge in [0.1, 0.15) is 0 Å². The van der Waals surface area contributed by atoms with Crippen LogP contribution in [-0.2, 0) is 4.79 Å². The molecule has 1 aromatic rings. The minimum Gasteiger partial charge on any atom is -0.315 e. The number of benzene rings is 1. The van der Waals surface area contributed by atoms with Gasteiger partial charge in [-0.15, -0.1) is 0 Å². The van der Waals surface area contributed by atoms with Crippen molar-refractivity contribution in [3.63, 3.8) is 0 Å². The highest BCUT2D eigenvalue weighted by molar-refractivity contribution is 7.99. The van der Waals surface area contributed by atoms with E-state index < -0.39 is 0 Å². The normalized spacial score (nSPS) is 29.3. The molecule has 1 saturated carbocycles. The second-order valence-corrected chi connectivity index (χ2v) is 7.29. The van der Waals surface area contributed by atoms with E-state index in [4.69, 9.17) is 0 Å². The fourth-order valence-corrected chi connectivity index (χ4v) is 4.41. The third kappa shape index (κ3) is 3.11. The Kier molecular flexibility index (Phi) is 4.55. The largest absolute Gasteiger partial charge is 0.315 e. The second kappa shape index (κ2) is 6.41. The van der Waals surface area contributed by atoms with Gasteiger partial charge in [0, 0.05) is 36.5 Å². The number of nitrogens with one attached hydrogen (secondary N) is 1. The highest BCUT2D eigenvalue weighted by Crippen LogP contribution is 2.35. The van der Waals surface area contributed by atoms with Gasteiger partial charge in [-0.25, -0.2) is 0 Å². The molecule has 0 radical (unpaired) electrons. The van der Waals surface area contributed by atoms with E-state index in [1.807, 2.05) is 30.9 Å². The number of amides is 1. The Balaban J connectivity index is 1.76. The van der Waals surface area contributed by atoms with Crippen LogP contribution >= 0.6 is 11.8 Å². The summed E-state index contributed by atoms with van der Waals surface area (Å²) < 4.78 is 0. The lowest BCUT2D eigenvalue weighted by molar-refractivity contribution is -0.119. The van der Waals surface area contributed by atoms with Crippen LogP contribution in [0.2, 0.25) is 0 Å². The van der Waals surface area contributed by atoms with Gasteiger partial charge in [-0.1, -0.05) is 24.6 Å². The number of fused-ring (bicyclic) bond motifs is 1. The zero-order valence-electron chi connectivity index (χ0n) is 12.8. The lowest BCUT2D eigenvalue weighted by atomic mass is 9.91. The van der Waals surface area contributed by atoms with E-state index in [0.717, 1.165) is 10.9 Å². The van der Waals surface area contributed by atoms with Gasteiger partial charge in [0.25, 0.3) is 0 Å². The molecule has 114 valence electrons. The molecule has 3 nitrogen and oxygen atoms in total. The molecule has 1 aliphatic heterocycles. The number of nitrogens with zero attached hydrogens (tertiary/aromatic N) is 1. The summed E-state index contributed by atoms with van der Waals surface area (Å²) in [6.07, 6.45) is 7.88. The molecule has 0 saturated heterocycles. The summed E-state index contributed by atoms with van der Waals surface area (Å²) >= 11 is 1.98. The molecule has 0 bridgehead atoms. The smallest absolute Gasteiger partial charge is 0.228 e. The monoisotopic (exact) mass is 304 g/mol. The molecule has 3 rings (SSSR count). The van der Waals surface area contributed by atoms with Crippen molar-refractivity contribution in [3.05, 3.63) is 29.8 Å². The number of carbonyl (C=O) groups is 1. The van der Waals surface area contributed by atoms with E-state index in [2.05, 4.69) is 23.7 Å². The molecule has 3 unspecified atom stereocenters. The third-order valence-electron chi connectivity index (χ3n) is 4.82. The van der Waals surface area contributed by atoms with Gasteiger partial charge >= 0.3 is 0 Å². The molecule has 21 heavy (non-hydrogen) atoms. The van der Waals surface area contributed by atoms with Crippen molar-refractivity contribution < 1.29 is 4.79 Å². The summed E-state index contributed by atoms with van der Waals surface area (Å²) in [6.45, 7) is 0. The van der Waals surface area contributed by atoms with Crippen LogP contribution in [0.5, 0.6) is 0 Å². The van der Waals surface area contributed by atoms with Gasteiger partial charge in [0.15, 0.2) is 0 Å². The first kappa shape index (κ1) is 14.9. The molecular weight excluding hydrogens is 280 g/mol. The SMILES string of the molecule is CSC1CCCC(NC2CC(=O)N(C)c3ccccc32)C1. The third-order valence-corrected chi connectivity index (χ3v) is 5.92. The summed E-state index contributed by atoms with van der Waals surface area (Å²) in [5.41, 5.74) is 2.33. The van der Waals surface area contributed by atoms with Crippen molar-refractivity contribution in [1.29, 1.82) is 0 Å². The number of rotatable bonds is 3. The zero-order valence-corrected chi connectivity index (χ0v) is 13.7. The number of anilines is 1. The highest BCUT2D eigenvalue weighted by Gasteiger charge is 2.31. The van der Waals surface area contributed by atoms with Gasteiger partial charge < -0.3 is 10.2 Å². The van der Waals surface area contributed by atoms with Crippen LogP contribution in [0.25, 0.3) is 0 Å². The molecule has 0 spiro atoms. The molecule has 1 N–H and O–H groups in total. The first-order chi connectivity index (χ1) is 10.2. The predicted molar refractivity (Wildman–Crippen MR) is 89.9 cm³/mol. The van der Waals surface area contributed by atoms with E-state index in [1.54, 1.807) is 4.90 Å². The van der Waals surface area contributed by atoms with Crippen molar-refractivity contribution in [3.8, 4) is 0 Å². The molecule has 3 atom stereocenters. The fourth-order valence-electron chi connectivity index (χ4n) is 3.59. The number of hydrogen-bond acceptors (Lipinski definition) is 3. The lowest BCUT2D eigenvalue weighted by Gasteiger charge is -2.36. The van der Waals surface area contributed by atoms with Crippen LogP contribution in [0.3, 0.4) is 0 Å². The average Bonchev–Trinajstić information content (AvgIpc) is 2.52. The minimum absolute atomic E-state index is 0.176. The van der Waals surface area contributed by atoms with Crippen LogP contribution in [0.15, 0.2) is 24.3 Å². The maximum atomic E-state index is 12.2. The highest BCUT2D eigenvalue weighted by atomic mass is 32.2. The van der Waals surface area contributed by atoms with E-state index >= 15 is 0 Å². The van der Waals surface area contributed by atoms with Crippen LogP contribution in [0.1, 0.15) is 43.7 Å². The molecule has 1 amide bonds. The van der Waals surface area contributed by atoms with Gasteiger partial charge in [0.2, 0.25) is 5.91 Å². The zero-order chi connectivity index (χ0) is 14.8. The molecule has 1 fully saturated rings. The molecule has 0 aromatic heterocycles. The standard InChI is InChI=1S/C17H24N2OS/c1-19-16-9-4-3-8-14(16)15(11-17(19)20)18-12-6-5-7-13(10-12)21-2/h3-4,8-9,12-13,15,18H,5-7,10-11H2,1-2H3. The quantitative estimate of drug-likeness (QED) is 0.929. The maximum Gasteiger partial charge on any atom is 0.228 e. The Hall–Kier alpha value is -1.00. The Morgan fingerprint density at radius 2 is 2.10 bits per heavy atom. The van der Waals surface area contributed by atoms with Crippen LogP contribution in [-0.4, -0.2) is 30.5 Å². The number of para-hydroxylation sites is 1. The number of hydrogen-bond donors (Lipinski definition) is 1. The van der Waals surface area contributed by atoms with E-state index in [-0.39, 0.29) is 11.9 Å². The second-order valence-electron chi connectivity index (χ2n) is 6.16. The molecule has 1 aliphatic carbocycles. The topological polar surface area (TPSA) is 32.3 Å². The summed E-state index contributed by atoms with van der Waals surface area (Å²) in [6, 6.07) is 9.01. The minimum atomic E-state index is 0.176. The van der Waals surface area contributed by atoms with Gasteiger partial charge in [-0.3, -0.25) is 4.79 Å². The molecule has 1 aromatic carbocycles. The Morgan fingerprint density at radius 1 is 1.29 bits per heavy atom. The van der Waals surface area contributed by atoms with Crippen molar-refractivity contribution in [2.24, 2.45) is 0 Å².